The second kappa shape index (κ2) is 20.3. The first-order valence-corrected chi connectivity index (χ1v) is 22.8. The van der Waals surface area contributed by atoms with E-state index in [9.17, 15) is 60.7 Å². The fourth-order valence-corrected chi connectivity index (χ4v) is 9.92. The van der Waals surface area contributed by atoms with Crippen molar-refractivity contribution in [2.45, 2.75) is 203 Å². The van der Waals surface area contributed by atoms with Gasteiger partial charge in [-0.25, -0.2) is 0 Å². The van der Waals surface area contributed by atoms with Crippen LogP contribution in [-0.2, 0) is 49.1 Å². The summed E-state index contributed by atoms with van der Waals surface area (Å²) in [4.78, 5) is 28.6. The molecule has 5 aliphatic rings. The molecule has 7 rings (SSSR count). The number of rotatable bonds is 13. The summed E-state index contributed by atoms with van der Waals surface area (Å²) in [5, 5.41) is 108. The maximum Gasteiger partial charge on any atom is 0.202 e. The molecule has 0 saturated carbocycles. The Kier molecular flexibility index (Phi) is 15.6. The standard InChI is InChI=1S/C46H66O21/c1-16-26(64-29-12-25(48)37(51)18(3)60-29)11-23-9-22-10-24(43(59-8)42(56)36(50)17(2)47)44(41(55)34(22)40(54)33(23)35(16)49)67-31-14-27(38(52)20(5)62-31)65-30-13-28(39(53)19(4)61-30)66-32-15-46(7,58)45(57)21(6)63-32/h9,11,17-21,24-25,27-32,36-39,43-45,47-54,57-58H,10,12-15H2,1-8H3/t17-,18-,19-,20-,21-,24+,25-,27-,28-,29+,30+,31+,32+,36+,37-,38-,39+,43+,44+,45-,46+/m1/s1. The number of benzene rings is 2. The molecule has 376 valence electrons. The lowest BCUT2D eigenvalue weighted by atomic mass is 9.75. The first kappa shape index (κ1) is 51.6. The van der Waals surface area contributed by atoms with Gasteiger partial charge in [0.25, 0.3) is 0 Å². The molecular formula is C46H66O21. The highest BCUT2D eigenvalue weighted by molar-refractivity contribution is 6.11. The monoisotopic (exact) mass is 954 g/mol. The van der Waals surface area contributed by atoms with Gasteiger partial charge in [-0.3, -0.25) is 9.59 Å². The van der Waals surface area contributed by atoms with Crippen molar-refractivity contribution in [3.63, 3.8) is 0 Å². The molecule has 4 heterocycles. The summed E-state index contributed by atoms with van der Waals surface area (Å²) < 4.78 is 54.0. The summed E-state index contributed by atoms with van der Waals surface area (Å²) in [6, 6.07) is 3.02. The van der Waals surface area contributed by atoms with E-state index in [1.807, 2.05) is 0 Å². The SMILES string of the molecule is CO[C@H](C(=O)[C@@H](O)[C@@H](C)O)[C@@H]1Cc2cc3cc(O[C@H]4C[C@@H](O)[C@H](O)[C@@H](C)O4)c(C)c(O)c3c(O)c2C(=O)[C@H]1O[C@H]1C[C@@H](O[C@H]2C[C@@H](O[C@H]3C[C@](C)(O)[C@H](O)[C@@H](C)O3)[C@@H](O)[C@@H](C)O2)[C@H](O)[C@@H](C)O1. The lowest BCUT2D eigenvalue weighted by molar-refractivity contribution is -0.334. The number of Topliss-reactive ketones (excluding diaryl/α,β-unsaturated/α-hetero) is 2. The smallest absolute Gasteiger partial charge is 0.202 e. The van der Waals surface area contributed by atoms with Crippen LogP contribution in [-0.4, -0.2) is 192 Å². The van der Waals surface area contributed by atoms with E-state index in [0.29, 0.717) is 0 Å². The Morgan fingerprint density at radius 2 is 1.33 bits per heavy atom. The fourth-order valence-electron chi connectivity index (χ4n) is 9.92. The normalized spacial score (nSPS) is 40.8. The Morgan fingerprint density at radius 3 is 1.90 bits per heavy atom. The fraction of sp³-hybridized carbons (Fsp3) is 0.739. The Morgan fingerprint density at radius 1 is 0.776 bits per heavy atom. The number of fused-ring (bicyclic) bond motifs is 2. The average molecular weight is 955 g/mol. The van der Waals surface area contributed by atoms with Crippen LogP contribution >= 0.6 is 0 Å². The van der Waals surface area contributed by atoms with Crippen LogP contribution in [0, 0.1) is 12.8 Å². The number of aliphatic hydroxyl groups excluding tert-OH is 7. The summed E-state index contributed by atoms with van der Waals surface area (Å²) in [6.07, 6.45) is -22.9. The molecule has 21 atom stereocenters. The van der Waals surface area contributed by atoms with Crippen LogP contribution in [0.5, 0.6) is 17.2 Å². The number of aromatic hydroxyl groups is 2. The topological polar surface area (TPSA) is 320 Å². The van der Waals surface area contributed by atoms with E-state index in [0.717, 1.165) is 0 Å². The number of methoxy groups -OCH3 is 1. The molecule has 0 unspecified atom stereocenters. The molecule has 0 aromatic heterocycles. The Labute approximate surface area is 387 Å². The molecule has 67 heavy (non-hydrogen) atoms. The van der Waals surface area contributed by atoms with Gasteiger partial charge >= 0.3 is 0 Å². The zero-order chi connectivity index (χ0) is 49.1. The third kappa shape index (κ3) is 10.3. The minimum atomic E-state index is -1.92. The van der Waals surface area contributed by atoms with Gasteiger partial charge < -0.3 is 93.7 Å². The second-order valence-electron chi connectivity index (χ2n) is 19.0. The lowest BCUT2D eigenvalue weighted by Crippen LogP contribution is -2.58. The van der Waals surface area contributed by atoms with Crippen molar-refractivity contribution < 1.29 is 103 Å². The first-order valence-electron chi connectivity index (χ1n) is 22.8. The highest BCUT2D eigenvalue weighted by Crippen LogP contribution is 2.47. The van der Waals surface area contributed by atoms with Gasteiger partial charge in [-0.05, 0) is 78.0 Å². The number of hydrogen-bond donors (Lipinski definition) is 10. The Hall–Kier alpha value is -3.20. The van der Waals surface area contributed by atoms with Crippen LogP contribution in [0.15, 0.2) is 12.1 Å². The van der Waals surface area contributed by atoms with Crippen LogP contribution in [0.1, 0.15) is 88.7 Å². The molecule has 0 spiro atoms. The summed E-state index contributed by atoms with van der Waals surface area (Å²) in [5.41, 5.74) is -1.40. The highest BCUT2D eigenvalue weighted by atomic mass is 16.7. The third-order valence-electron chi connectivity index (χ3n) is 13.9. The van der Waals surface area contributed by atoms with Gasteiger partial charge in [0.2, 0.25) is 6.29 Å². The van der Waals surface area contributed by atoms with Crippen molar-refractivity contribution in [3.05, 3.63) is 28.8 Å². The van der Waals surface area contributed by atoms with E-state index in [-0.39, 0.29) is 65.3 Å². The Bertz CT molecular complexity index is 2090. The third-order valence-corrected chi connectivity index (χ3v) is 13.9. The van der Waals surface area contributed by atoms with Gasteiger partial charge in [-0.15, -0.1) is 0 Å². The molecule has 4 aliphatic heterocycles. The summed E-state index contributed by atoms with van der Waals surface area (Å²) >= 11 is 0. The summed E-state index contributed by atoms with van der Waals surface area (Å²) in [6.45, 7) is 10.5. The molecule has 0 bridgehead atoms. The van der Waals surface area contributed by atoms with Gasteiger partial charge in [-0.1, -0.05) is 0 Å². The highest BCUT2D eigenvalue weighted by Gasteiger charge is 2.51. The molecule has 0 radical (unpaired) electrons. The minimum Gasteiger partial charge on any atom is -0.507 e. The van der Waals surface area contributed by atoms with Crippen molar-refractivity contribution in [1.29, 1.82) is 0 Å². The van der Waals surface area contributed by atoms with Gasteiger partial charge in [0, 0.05) is 44.3 Å². The number of phenols is 2. The van der Waals surface area contributed by atoms with E-state index < -0.39 is 151 Å². The van der Waals surface area contributed by atoms with Crippen molar-refractivity contribution in [2.75, 3.05) is 7.11 Å². The van der Waals surface area contributed by atoms with Crippen LogP contribution in [0.4, 0.5) is 0 Å². The van der Waals surface area contributed by atoms with E-state index in [2.05, 4.69) is 0 Å². The van der Waals surface area contributed by atoms with Gasteiger partial charge in [0.1, 0.15) is 60.0 Å². The van der Waals surface area contributed by atoms with Crippen molar-refractivity contribution in [2.24, 2.45) is 5.92 Å². The lowest BCUT2D eigenvalue weighted by Gasteiger charge is -2.46. The number of hydrogen-bond acceptors (Lipinski definition) is 21. The number of ether oxygens (including phenoxy) is 9. The first-order chi connectivity index (χ1) is 31.4. The number of carbonyl (C=O) groups is 2. The molecular weight excluding hydrogens is 888 g/mol. The number of aliphatic hydroxyl groups is 8. The average Bonchev–Trinajstić information content (AvgIpc) is 3.25. The molecule has 4 saturated heterocycles. The number of ketones is 2. The van der Waals surface area contributed by atoms with E-state index in [1.165, 1.54) is 40.0 Å². The van der Waals surface area contributed by atoms with Gasteiger partial charge in [0.05, 0.1) is 65.4 Å². The van der Waals surface area contributed by atoms with Crippen LogP contribution in [0.3, 0.4) is 0 Å². The van der Waals surface area contributed by atoms with Gasteiger partial charge in [-0.2, -0.15) is 0 Å². The number of phenolic OH excluding ortho intramolecular Hbond substituents is 2. The molecule has 0 amide bonds. The predicted molar refractivity (Wildman–Crippen MR) is 229 cm³/mol. The maximum atomic E-state index is 14.9. The van der Waals surface area contributed by atoms with Crippen molar-refractivity contribution in [1.82, 2.24) is 0 Å². The maximum absolute atomic E-state index is 14.9. The molecule has 4 fully saturated rings. The molecule has 1 aliphatic carbocycles. The van der Waals surface area contributed by atoms with E-state index in [4.69, 9.17) is 42.6 Å². The molecule has 2 aromatic rings. The molecule has 21 heteroatoms. The van der Waals surface area contributed by atoms with E-state index >= 15 is 0 Å². The zero-order valence-electron chi connectivity index (χ0n) is 38.7. The molecule has 2 aromatic carbocycles. The second-order valence-corrected chi connectivity index (χ2v) is 19.0. The minimum absolute atomic E-state index is 0.0500. The zero-order valence-corrected chi connectivity index (χ0v) is 38.7. The van der Waals surface area contributed by atoms with Crippen molar-refractivity contribution in [3.8, 4) is 17.2 Å². The molecule has 10 N–H and O–H groups in total. The summed E-state index contributed by atoms with van der Waals surface area (Å²) in [7, 11) is 1.19. The predicted octanol–water partition coefficient (Wildman–Crippen LogP) is -0.130. The molecule has 21 nitrogen and oxygen atoms in total. The summed E-state index contributed by atoms with van der Waals surface area (Å²) in [5.74, 6) is -3.94. The van der Waals surface area contributed by atoms with Crippen LogP contribution in [0.2, 0.25) is 0 Å². The van der Waals surface area contributed by atoms with Crippen molar-refractivity contribution >= 4 is 22.3 Å². The van der Waals surface area contributed by atoms with Crippen LogP contribution in [0.25, 0.3) is 10.8 Å². The Balaban J connectivity index is 1.16. The number of carbonyl (C=O) groups excluding carboxylic acids is 2. The quantitative estimate of drug-likeness (QED) is 0.125. The van der Waals surface area contributed by atoms with Gasteiger partial charge in [0.15, 0.2) is 30.4 Å². The largest absolute Gasteiger partial charge is 0.507 e. The van der Waals surface area contributed by atoms with E-state index in [1.54, 1.807) is 27.7 Å². The van der Waals surface area contributed by atoms with Crippen LogP contribution < -0.4 is 4.74 Å².